The number of amides is 1. The summed E-state index contributed by atoms with van der Waals surface area (Å²) in [4.78, 5) is 14.2. The van der Waals surface area contributed by atoms with Gasteiger partial charge in [0.15, 0.2) is 0 Å². The van der Waals surface area contributed by atoms with Crippen molar-refractivity contribution < 1.29 is 4.79 Å². The minimum absolute atomic E-state index is 0.0298. The van der Waals surface area contributed by atoms with E-state index in [0.29, 0.717) is 17.6 Å². The van der Waals surface area contributed by atoms with Crippen LogP contribution in [0.1, 0.15) is 12.0 Å². The number of carbonyl (C=O) groups is 1. The second-order valence-electron chi connectivity index (χ2n) is 5.02. The summed E-state index contributed by atoms with van der Waals surface area (Å²) in [5.74, 6) is 0.0298. The first kappa shape index (κ1) is 14.3. The van der Waals surface area contributed by atoms with E-state index in [4.69, 9.17) is 11.6 Å². The molecule has 1 fully saturated rings. The fourth-order valence-electron chi connectivity index (χ4n) is 2.37. The lowest BCUT2D eigenvalue weighted by Crippen LogP contribution is -2.34. The van der Waals surface area contributed by atoms with Gasteiger partial charge in [0, 0.05) is 29.8 Å². The van der Waals surface area contributed by atoms with Gasteiger partial charge in [0.25, 0.3) is 0 Å². The molecule has 2 rings (SSSR count). The second-order valence-corrected chi connectivity index (χ2v) is 5.45. The van der Waals surface area contributed by atoms with Crippen molar-refractivity contribution in [3.8, 4) is 0 Å². The first-order valence-corrected chi connectivity index (χ1v) is 6.92. The zero-order valence-corrected chi connectivity index (χ0v) is 12.1. The first-order chi connectivity index (χ1) is 9.08. The molecule has 1 aromatic rings. The Morgan fingerprint density at radius 1 is 1.53 bits per heavy atom. The average Bonchev–Trinajstić information content (AvgIpc) is 2.80. The van der Waals surface area contributed by atoms with Gasteiger partial charge in [-0.1, -0.05) is 11.6 Å². The largest absolute Gasteiger partial charge is 0.325 e. The van der Waals surface area contributed by atoms with Crippen molar-refractivity contribution in [1.29, 1.82) is 0 Å². The van der Waals surface area contributed by atoms with Crippen LogP contribution in [0.4, 0.5) is 5.69 Å². The van der Waals surface area contributed by atoms with Crippen molar-refractivity contribution in [1.82, 2.24) is 10.2 Å². The van der Waals surface area contributed by atoms with Crippen LogP contribution >= 0.6 is 11.6 Å². The number of likely N-dealkylation sites (N-methyl/N-ethyl adjacent to an activating group) is 1. The smallest absolute Gasteiger partial charge is 0.238 e. The number of hydrogen-bond donors (Lipinski definition) is 2. The van der Waals surface area contributed by atoms with Crippen molar-refractivity contribution in [3.63, 3.8) is 0 Å². The highest BCUT2D eigenvalue weighted by molar-refractivity contribution is 6.30. The lowest BCUT2D eigenvalue weighted by atomic mass is 10.2. The van der Waals surface area contributed by atoms with Crippen LogP contribution in [0.3, 0.4) is 0 Å². The monoisotopic (exact) mass is 281 g/mol. The maximum atomic E-state index is 12.0. The summed E-state index contributed by atoms with van der Waals surface area (Å²) in [5, 5.41) is 6.87. The molecule has 0 aromatic heterocycles. The molecular formula is C14H20ClN3O. The fourth-order valence-corrected chi connectivity index (χ4v) is 2.60. The van der Waals surface area contributed by atoms with Crippen molar-refractivity contribution in [3.05, 3.63) is 28.8 Å². The molecule has 19 heavy (non-hydrogen) atoms. The molecule has 1 aliphatic heterocycles. The van der Waals surface area contributed by atoms with Crippen molar-refractivity contribution in [2.45, 2.75) is 19.4 Å². The molecule has 0 radical (unpaired) electrons. The lowest BCUT2D eigenvalue weighted by molar-refractivity contribution is -0.117. The number of nitrogens with one attached hydrogen (secondary N) is 2. The number of anilines is 1. The van der Waals surface area contributed by atoms with Crippen molar-refractivity contribution in [2.75, 3.05) is 32.0 Å². The predicted octanol–water partition coefficient (Wildman–Crippen LogP) is 1.88. The van der Waals surface area contributed by atoms with Crippen LogP contribution in [0, 0.1) is 6.92 Å². The summed E-state index contributed by atoms with van der Waals surface area (Å²) < 4.78 is 0. The molecule has 2 N–H and O–H groups in total. The van der Waals surface area contributed by atoms with E-state index in [0.717, 1.165) is 30.8 Å². The Hall–Kier alpha value is -1.10. The van der Waals surface area contributed by atoms with Gasteiger partial charge in [-0.2, -0.15) is 0 Å². The summed E-state index contributed by atoms with van der Waals surface area (Å²) in [7, 11) is 1.96. The molecule has 1 saturated heterocycles. The number of likely N-dealkylation sites (tertiary alicyclic amines) is 1. The molecule has 0 bridgehead atoms. The zero-order valence-electron chi connectivity index (χ0n) is 11.4. The predicted molar refractivity (Wildman–Crippen MR) is 78.7 cm³/mol. The number of carbonyl (C=O) groups excluding carboxylic acids is 1. The molecule has 104 valence electrons. The number of nitrogens with zero attached hydrogens (tertiary/aromatic N) is 1. The van der Waals surface area contributed by atoms with Gasteiger partial charge in [0.1, 0.15) is 0 Å². The van der Waals surface area contributed by atoms with Gasteiger partial charge >= 0.3 is 0 Å². The standard InChI is InChI=1S/C14H20ClN3O/c1-10-7-11(15)3-4-13(10)17-14(19)9-18-6-5-12(8-18)16-2/h3-4,7,12,16H,5-6,8-9H2,1-2H3,(H,17,19). The zero-order chi connectivity index (χ0) is 13.8. The molecule has 1 aromatic carbocycles. The highest BCUT2D eigenvalue weighted by Gasteiger charge is 2.22. The first-order valence-electron chi connectivity index (χ1n) is 6.54. The van der Waals surface area contributed by atoms with E-state index >= 15 is 0 Å². The van der Waals surface area contributed by atoms with Crippen molar-refractivity contribution in [2.24, 2.45) is 0 Å². The van der Waals surface area contributed by atoms with E-state index in [9.17, 15) is 4.79 Å². The molecule has 0 aliphatic carbocycles. The molecule has 1 aliphatic rings. The minimum Gasteiger partial charge on any atom is -0.325 e. The summed E-state index contributed by atoms with van der Waals surface area (Å²) in [6, 6.07) is 5.99. The molecular weight excluding hydrogens is 262 g/mol. The normalized spacial score (nSPS) is 19.6. The molecule has 4 nitrogen and oxygen atoms in total. The summed E-state index contributed by atoms with van der Waals surface area (Å²) in [5.41, 5.74) is 1.81. The average molecular weight is 282 g/mol. The van der Waals surface area contributed by atoms with Gasteiger partial charge in [-0.3, -0.25) is 9.69 Å². The maximum absolute atomic E-state index is 12.0. The molecule has 1 heterocycles. The third kappa shape index (κ3) is 3.93. The lowest BCUT2D eigenvalue weighted by Gasteiger charge is -2.16. The van der Waals surface area contributed by atoms with E-state index in [1.54, 1.807) is 6.07 Å². The van der Waals surface area contributed by atoms with Crippen LogP contribution in [0.15, 0.2) is 18.2 Å². The maximum Gasteiger partial charge on any atom is 0.238 e. The van der Waals surface area contributed by atoms with Gasteiger partial charge in [-0.05, 0) is 44.2 Å². The highest BCUT2D eigenvalue weighted by Crippen LogP contribution is 2.19. The van der Waals surface area contributed by atoms with Crippen LogP contribution in [0.25, 0.3) is 0 Å². The number of aryl methyl sites for hydroxylation is 1. The van der Waals surface area contributed by atoms with Gasteiger partial charge in [-0.25, -0.2) is 0 Å². The summed E-state index contributed by atoms with van der Waals surface area (Å²) in [6.45, 7) is 4.29. The van der Waals surface area contributed by atoms with E-state index in [1.165, 1.54) is 0 Å². The third-order valence-electron chi connectivity index (χ3n) is 3.51. The number of halogens is 1. The van der Waals surface area contributed by atoms with Crippen LogP contribution in [0.2, 0.25) is 5.02 Å². The molecule has 5 heteroatoms. The number of hydrogen-bond acceptors (Lipinski definition) is 3. The van der Waals surface area contributed by atoms with E-state index in [2.05, 4.69) is 15.5 Å². The Labute approximate surface area is 119 Å². The Morgan fingerprint density at radius 2 is 2.32 bits per heavy atom. The Kier molecular flexibility index (Phi) is 4.80. The Bertz CT molecular complexity index is 464. The number of benzene rings is 1. The van der Waals surface area contributed by atoms with Gasteiger partial charge in [0.05, 0.1) is 6.54 Å². The molecule has 0 spiro atoms. The molecule has 0 saturated carbocycles. The topological polar surface area (TPSA) is 44.4 Å². The Morgan fingerprint density at radius 3 is 2.95 bits per heavy atom. The molecule has 1 amide bonds. The summed E-state index contributed by atoms with van der Waals surface area (Å²) >= 11 is 5.90. The van der Waals surface area contributed by atoms with Gasteiger partial charge < -0.3 is 10.6 Å². The van der Waals surface area contributed by atoms with E-state index < -0.39 is 0 Å². The summed E-state index contributed by atoms with van der Waals surface area (Å²) in [6.07, 6.45) is 1.10. The van der Waals surface area contributed by atoms with Crippen LogP contribution < -0.4 is 10.6 Å². The quantitative estimate of drug-likeness (QED) is 0.886. The SMILES string of the molecule is CNC1CCN(CC(=O)Nc2ccc(Cl)cc2C)C1. The van der Waals surface area contributed by atoms with Crippen LogP contribution in [-0.4, -0.2) is 43.5 Å². The van der Waals surface area contributed by atoms with Gasteiger partial charge in [-0.15, -0.1) is 0 Å². The third-order valence-corrected chi connectivity index (χ3v) is 3.75. The van der Waals surface area contributed by atoms with Crippen molar-refractivity contribution >= 4 is 23.2 Å². The molecule has 1 atom stereocenters. The van der Waals surface area contributed by atoms with Crippen LogP contribution in [0.5, 0.6) is 0 Å². The van der Waals surface area contributed by atoms with E-state index in [1.807, 2.05) is 26.1 Å². The van der Waals surface area contributed by atoms with E-state index in [-0.39, 0.29) is 5.91 Å². The highest BCUT2D eigenvalue weighted by atomic mass is 35.5. The molecule has 1 unspecified atom stereocenters. The number of rotatable bonds is 4. The Balaban J connectivity index is 1.87. The van der Waals surface area contributed by atoms with Gasteiger partial charge in [0.2, 0.25) is 5.91 Å². The fraction of sp³-hybridized carbons (Fsp3) is 0.500. The van der Waals surface area contributed by atoms with Crippen LogP contribution in [-0.2, 0) is 4.79 Å². The minimum atomic E-state index is 0.0298. The second kappa shape index (κ2) is 6.37.